The second-order valence-corrected chi connectivity index (χ2v) is 10.6. The highest BCUT2D eigenvalue weighted by Gasteiger charge is 2.35. The maximum atomic E-state index is 13.1. The van der Waals surface area contributed by atoms with E-state index in [-0.39, 0.29) is 18.8 Å². The number of halogens is 3. The number of nitrogens with zero attached hydrogens (tertiary/aromatic N) is 2. The number of aliphatic hydroxyl groups is 1. The number of carbonyl (C=O) groups is 2. The lowest BCUT2D eigenvalue weighted by Gasteiger charge is -2.35. The summed E-state index contributed by atoms with van der Waals surface area (Å²) in [6.45, 7) is -0.0232. The molecule has 1 saturated heterocycles. The first kappa shape index (κ1) is 27.9. The summed E-state index contributed by atoms with van der Waals surface area (Å²) in [5.41, 5.74) is 1.14. The van der Waals surface area contributed by atoms with E-state index in [2.05, 4.69) is 20.3 Å². The predicted octanol–water partition coefficient (Wildman–Crippen LogP) is 3.43. The topological polar surface area (TPSA) is 141 Å². The highest BCUT2D eigenvalue weighted by atomic mass is 32.2. The van der Waals surface area contributed by atoms with Gasteiger partial charge in [-0.3, -0.25) is 14.8 Å². The van der Waals surface area contributed by atoms with E-state index in [1.807, 2.05) is 0 Å². The zero-order valence-electron chi connectivity index (χ0n) is 20.4. The molecule has 2 atom stereocenters. The molecule has 206 valence electrons. The number of nitrogens with one attached hydrogen (secondary N) is 3. The third kappa shape index (κ3) is 7.03. The zero-order chi connectivity index (χ0) is 28.4. The first-order valence-corrected chi connectivity index (χ1v) is 13.5. The molecule has 4 rings (SSSR count). The van der Waals surface area contributed by atoms with Gasteiger partial charge >= 0.3 is 12.2 Å². The second kappa shape index (κ2) is 10.9. The van der Waals surface area contributed by atoms with Gasteiger partial charge in [-0.25, -0.2) is 18.2 Å². The van der Waals surface area contributed by atoms with Crippen LogP contribution in [0.15, 0.2) is 66.9 Å². The van der Waals surface area contributed by atoms with Crippen LogP contribution < -0.4 is 20.3 Å². The summed E-state index contributed by atoms with van der Waals surface area (Å²) in [5.74, 6) is -0.648. The molecule has 4 N–H and O–H groups in total. The third-order valence-corrected chi connectivity index (χ3v) is 6.41. The van der Waals surface area contributed by atoms with Gasteiger partial charge in [0.05, 0.1) is 30.2 Å². The first-order valence-electron chi connectivity index (χ1n) is 11.6. The predicted molar refractivity (Wildman–Crippen MR) is 139 cm³/mol. The van der Waals surface area contributed by atoms with E-state index in [0.717, 1.165) is 18.4 Å². The van der Waals surface area contributed by atoms with Crippen LogP contribution in [0.25, 0.3) is 11.1 Å². The SMILES string of the molecule is CS(=O)(=O)Nc1ccccc1-c1ccc(N2C[C@H](O)C[C@@H](NC(=O)Nc3ccc(C(F)(F)F)cn3)C2=O)cc1. The summed E-state index contributed by atoms with van der Waals surface area (Å²) >= 11 is 0. The Morgan fingerprint density at radius 3 is 2.38 bits per heavy atom. The number of amides is 3. The summed E-state index contributed by atoms with van der Waals surface area (Å²) < 4.78 is 64.0. The van der Waals surface area contributed by atoms with Crippen LogP contribution in [0.4, 0.5) is 35.2 Å². The number of aliphatic hydroxyl groups excluding tert-OH is 1. The van der Waals surface area contributed by atoms with Crippen LogP contribution in [0.2, 0.25) is 0 Å². The number of urea groups is 1. The number of β-amino-alcohol motifs (C(OH)–C–C–N with tert-alkyl or cyclic N) is 1. The second-order valence-electron chi connectivity index (χ2n) is 8.89. The Morgan fingerprint density at radius 2 is 1.77 bits per heavy atom. The number of sulfonamides is 1. The summed E-state index contributed by atoms with van der Waals surface area (Å²) in [6, 6.07) is 13.2. The number of pyridine rings is 1. The molecule has 1 aliphatic rings. The average molecular weight is 564 g/mol. The summed E-state index contributed by atoms with van der Waals surface area (Å²) in [4.78, 5) is 30.4. The Balaban J connectivity index is 1.46. The molecule has 10 nitrogen and oxygen atoms in total. The third-order valence-electron chi connectivity index (χ3n) is 5.82. The molecule has 1 aliphatic heterocycles. The van der Waals surface area contributed by atoms with Crippen molar-refractivity contribution < 1.29 is 36.3 Å². The fourth-order valence-corrected chi connectivity index (χ4v) is 4.66. The maximum absolute atomic E-state index is 13.1. The van der Waals surface area contributed by atoms with Crippen molar-refractivity contribution in [2.45, 2.75) is 24.7 Å². The first-order chi connectivity index (χ1) is 18.3. The van der Waals surface area contributed by atoms with E-state index < -0.39 is 45.8 Å². The van der Waals surface area contributed by atoms with Gasteiger partial charge in [-0.1, -0.05) is 30.3 Å². The van der Waals surface area contributed by atoms with Crippen molar-refractivity contribution in [1.29, 1.82) is 0 Å². The van der Waals surface area contributed by atoms with Gasteiger partial charge in [-0.2, -0.15) is 13.2 Å². The number of rotatable bonds is 6. The van der Waals surface area contributed by atoms with Gasteiger partial charge in [0.1, 0.15) is 11.9 Å². The molecule has 0 unspecified atom stereocenters. The Hall–Kier alpha value is -4.17. The number of hydrogen-bond acceptors (Lipinski definition) is 6. The minimum Gasteiger partial charge on any atom is -0.391 e. The van der Waals surface area contributed by atoms with Crippen molar-refractivity contribution in [3.63, 3.8) is 0 Å². The smallest absolute Gasteiger partial charge is 0.391 e. The number of alkyl halides is 3. The number of anilines is 3. The Morgan fingerprint density at radius 1 is 1.08 bits per heavy atom. The lowest BCUT2D eigenvalue weighted by molar-refractivity contribution is -0.137. The van der Waals surface area contributed by atoms with E-state index in [1.54, 1.807) is 48.5 Å². The Bertz CT molecular complexity index is 1460. The van der Waals surface area contributed by atoms with Crippen LogP contribution in [0.5, 0.6) is 0 Å². The molecule has 39 heavy (non-hydrogen) atoms. The number of para-hydroxylation sites is 1. The van der Waals surface area contributed by atoms with Crippen molar-refractivity contribution in [3.8, 4) is 11.1 Å². The minimum absolute atomic E-state index is 0.0232. The van der Waals surface area contributed by atoms with Crippen LogP contribution in [0.1, 0.15) is 12.0 Å². The molecule has 1 fully saturated rings. The van der Waals surface area contributed by atoms with E-state index in [0.29, 0.717) is 28.7 Å². The van der Waals surface area contributed by atoms with Crippen LogP contribution in [0.3, 0.4) is 0 Å². The van der Waals surface area contributed by atoms with Gasteiger partial charge in [-0.15, -0.1) is 0 Å². The highest BCUT2D eigenvalue weighted by molar-refractivity contribution is 7.92. The quantitative estimate of drug-likeness (QED) is 0.362. The molecule has 0 spiro atoms. The normalized spacial score (nSPS) is 18.0. The number of benzene rings is 2. The lowest BCUT2D eigenvalue weighted by atomic mass is 10.00. The number of piperidine rings is 1. The van der Waals surface area contributed by atoms with E-state index in [1.165, 1.54) is 4.90 Å². The molecule has 0 aliphatic carbocycles. The summed E-state index contributed by atoms with van der Waals surface area (Å²) in [7, 11) is -3.51. The fraction of sp³-hybridized carbons (Fsp3) is 0.240. The molecule has 3 amide bonds. The molecule has 0 bridgehead atoms. The number of aromatic nitrogens is 1. The van der Waals surface area contributed by atoms with Crippen molar-refractivity contribution >= 4 is 39.2 Å². The van der Waals surface area contributed by atoms with Gasteiger partial charge in [0.25, 0.3) is 0 Å². The fourth-order valence-electron chi connectivity index (χ4n) is 4.08. The Labute approximate surface area is 221 Å². The largest absolute Gasteiger partial charge is 0.417 e. The molecule has 1 aromatic heterocycles. The van der Waals surface area contributed by atoms with Gasteiger partial charge < -0.3 is 15.3 Å². The molecule has 0 radical (unpaired) electrons. The van der Waals surface area contributed by atoms with Crippen molar-refractivity contribution in [2.24, 2.45) is 0 Å². The van der Waals surface area contributed by atoms with Crippen molar-refractivity contribution in [2.75, 3.05) is 27.7 Å². The van der Waals surface area contributed by atoms with Crippen LogP contribution in [-0.2, 0) is 21.0 Å². The highest BCUT2D eigenvalue weighted by Crippen LogP contribution is 2.31. The van der Waals surface area contributed by atoms with Crippen molar-refractivity contribution in [3.05, 3.63) is 72.4 Å². The van der Waals surface area contributed by atoms with E-state index in [4.69, 9.17) is 0 Å². The van der Waals surface area contributed by atoms with Crippen LogP contribution in [-0.4, -0.2) is 55.4 Å². The number of hydrogen-bond donors (Lipinski definition) is 4. The van der Waals surface area contributed by atoms with E-state index >= 15 is 0 Å². The molecular weight excluding hydrogens is 539 g/mol. The monoisotopic (exact) mass is 563 g/mol. The van der Waals surface area contributed by atoms with Crippen LogP contribution in [0, 0.1) is 0 Å². The average Bonchev–Trinajstić information content (AvgIpc) is 2.85. The lowest BCUT2D eigenvalue weighted by Crippen LogP contribution is -2.57. The molecule has 3 aromatic rings. The molecule has 0 saturated carbocycles. The molecule has 2 heterocycles. The number of carbonyl (C=O) groups excluding carboxylic acids is 2. The van der Waals surface area contributed by atoms with E-state index in [9.17, 15) is 36.3 Å². The summed E-state index contributed by atoms with van der Waals surface area (Å²) in [6.07, 6.45) is -3.98. The molecular formula is C25H24F3N5O5S. The summed E-state index contributed by atoms with van der Waals surface area (Å²) in [5, 5.41) is 15.1. The minimum atomic E-state index is -4.57. The van der Waals surface area contributed by atoms with Crippen molar-refractivity contribution in [1.82, 2.24) is 10.3 Å². The zero-order valence-corrected chi connectivity index (χ0v) is 21.3. The standard InChI is InChI=1S/C25H24F3N5O5S/c1-39(37,38)32-20-5-3-2-4-19(20)15-6-9-17(10-7-15)33-14-18(34)12-21(23(33)35)30-24(36)31-22-11-8-16(13-29-22)25(26,27)28/h2-11,13,18,21,32,34H,12,14H2,1H3,(H2,29,30,31,36)/t18-,21-/m1/s1. The molecule has 14 heteroatoms. The van der Waals surface area contributed by atoms with Gasteiger partial charge in [0, 0.05) is 23.9 Å². The molecule has 2 aromatic carbocycles. The Kier molecular flexibility index (Phi) is 7.79. The maximum Gasteiger partial charge on any atom is 0.417 e. The van der Waals surface area contributed by atoms with Gasteiger partial charge in [0.2, 0.25) is 15.9 Å². The van der Waals surface area contributed by atoms with Gasteiger partial charge in [-0.05, 0) is 35.9 Å². The van der Waals surface area contributed by atoms with Crippen LogP contribution >= 0.6 is 0 Å². The van der Waals surface area contributed by atoms with Gasteiger partial charge in [0.15, 0.2) is 0 Å².